The van der Waals surface area contributed by atoms with Crippen molar-refractivity contribution >= 4 is 17.0 Å². The summed E-state index contributed by atoms with van der Waals surface area (Å²) in [5, 5.41) is 0. The average Bonchev–Trinajstić information content (AvgIpc) is 3.14. The maximum absolute atomic E-state index is 5.01. The Morgan fingerprint density at radius 2 is 1.21 bits per heavy atom. The molecule has 0 unspecified atom stereocenters. The Hall–Kier alpha value is -3.11. The number of aromatic nitrogens is 2. The van der Waals surface area contributed by atoms with E-state index in [0.717, 1.165) is 50.7 Å². The Labute approximate surface area is 172 Å². The van der Waals surface area contributed by atoms with Crippen LogP contribution in [0.15, 0.2) is 84.9 Å². The first-order chi connectivity index (χ1) is 14.4. The van der Waals surface area contributed by atoms with E-state index in [1.165, 1.54) is 16.6 Å². The maximum Gasteiger partial charge on any atom is 0.206 e. The van der Waals surface area contributed by atoms with Crippen molar-refractivity contribution in [3.63, 3.8) is 0 Å². The van der Waals surface area contributed by atoms with Gasteiger partial charge in [0, 0.05) is 32.7 Å². The molecule has 0 saturated carbocycles. The van der Waals surface area contributed by atoms with Crippen LogP contribution >= 0.6 is 0 Å². The molecule has 0 spiro atoms. The van der Waals surface area contributed by atoms with E-state index >= 15 is 0 Å². The van der Waals surface area contributed by atoms with Gasteiger partial charge >= 0.3 is 0 Å². The number of para-hydroxylation sites is 2. The Morgan fingerprint density at radius 3 is 1.90 bits per heavy atom. The van der Waals surface area contributed by atoms with Crippen LogP contribution in [0.2, 0.25) is 0 Å². The summed E-state index contributed by atoms with van der Waals surface area (Å²) in [4.78, 5) is 10.00. The number of piperazine rings is 1. The van der Waals surface area contributed by atoms with E-state index < -0.39 is 0 Å². The third-order valence-corrected chi connectivity index (χ3v) is 5.72. The van der Waals surface area contributed by atoms with Crippen LogP contribution in [0.3, 0.4) is 0 Å². The molecule has 3 aromatic carbocycles. The molecular formula is C25H26N4. The first kappa shape index (κ1) is 18.0. The van der Waals surface area contributed by atoms with Crippen molar-refractivity contribution in [3.05, 3.63) is 96.1 Å². The van der Waals surface area contributed by atoms with Crippen molar-refractivity contribution in [3.8, 4) is 0 Å². The highest BCUT2D eigenvalue weighted by Gasteiger charge is 2.22. The molecule has 146 valence electrons. The van der Waals surface area contributed by atoms with Gasteiger partial charge < -0.3 is 9.47 Å². The molecule has 4 aromatic rings. The van der Waals surface area contributed by atoms with E-state index in [9.17, 15) is 0 Å². The lowest BCUT2D eigenvalue weighted by Gasteiger charge is -2.35. The second-order valence-electron chi connectivity index (χ2n) is 7.72. The van der Waals surface area contributed by atoms with Gasteiger partial charge in [0.15, 0.2) is 0 Å². The second kappa shape index (κ2) is 8.10. The fraction of sp³-hybridized carbons (Fsp3) is 0.240. The van der Waals surface area contributed by atoms with E-state index in [1.807, 2.05) is 0 Å². The maximum atomic E-state index is 5.01. The Kier molecular flexibility index (Phi) is 5.01. The van der Waals surface area contributed by atoms with Gasteiger partial charge in [0.1, 0.15) is 0 Å². The minimum atomic E-state index is 0.848. The molecule has 0 radical (unpaired) electrons. The summed E-state index contributed by atoms with van der Waals surface area (Å²) in [7, 11) is 0. The van der Waals surface area contributed by atoms with Crippen molar-refractivity contribution in [2.24, 2.45) is 0 Å². The van der Waals surface area contributed by atoms with E-state index in [-0.39, 0.29) is 0 Å². The molecule has 1 aliphatic heterocycles. The van der Waals surface area contributed by atoms with Gasteiger partial charge in [-0.2, -0.15) is 0 Å². The number of rotatable bonds is 5. The monoisotopic (exact) mass is 382 g/mol. The molecule has 0 atom stereocenters. The van der Waals surface area contributed by atoms with Crippen LogP contribution in [0, 0.1) is 0 Å². The average molecular weight is 383 g/mol. The number of nitrogens with zero attached hydrogens (tertiary/aromatic N) is 4. The molecule has 4 heteroatoms. The SMILES string of the molecule is c1ccc(CN2CCN(c3nc4ccccc4n3Cc3ccccc3)CC2)cc1. The molecule has 0 bridgehead atoms. The molecule has 1 aliphatic rings. The van der Waals surface area contributed by atoms with Crippen molar-refractivity contribution in [1.82, 2.24) is 14.5 Å². The van der Waals surface area contributed by atoms with Crippen LogP contribution in [0.1, 0.15) is 11.1 Å². The molecule has 0 aliphatic carbocycles. The Morgan fingerprint density at radius 1 is 0.621 bits per heavy atom. The quantitative estimate of drug-likeness (QED) is 0.511. The molecule has 0 N–H and O–H groups in total. The molecule has 5 rings (SSSR count). The molecule has 2 heterocycles. The van der Waals surface area contributed by atoms with E-state index in [4.69, 9.17) is 4.98 Å². The van der Waals surface area contributed by atoms with E-state index in [2.05, 4.69) is 99.3 Å². The lowest BCUT2D eigenvalue weighted by Crippen LogP contribution is -2.46. The third-order valence-electron chi connectivity index (χ3n) is 5.72. The number of fused-ring (bicyclic) bond motifs is 1. The minimum Gasteiger partial charge on any atom is -0.340 e. The summed E-state index contributed by atoms with van der Waals surface area (Å²) >= 11 is 0. The molecule has 1 saturated heterocycles. The van der Waals surface area contributed by atoms with Crippen LogP contribution in [0.4, 0.5) is 5.95 Å². The standard InChI is InChI=1S/C25H26N4/c1-3-9-21(10-4-1)19-27-15-17-28(18-16-27)25-26-23-13-7-8-14-24(23)29(25)20-22-11-5-2-6-12-22/h1-14H,15-20H2. The van der Waals surface area contributed by atoms with Crippen LogP contribution < -0.4 is 4.90 Å². The third kappa shape index (κ3) is 3.89. The fourth-order valence-electron chi connectivity index (χ4n) is 4.17. The van der Waals surface area contributed by atoms with Gasteiger partial charge in [-0.3, -0.25) is 4.90 Å². The summed E-state index contributed by atoms with van der Waals surface area (Å²) in [6.07, 6.45) is 0. The second-order valence-corrected chi connectivity index (χ2v) is 7.72. The molecule has 1 aromatic heterocycles. The number of benzene rings is 3. The zero-order chi connectivity index (χ0) is 19.5. The minimum absolute atomic E-state index is 0.848. The zero-order valence-corrected chi connectivity index (χ0v) is 16.6. The molecule has 4 nitrogen and oxygen atoms in total. The predicted octanol–water partition coefficient (Wildman–Crippen LogP) is 4.41. The summed E-state index contributed by atoms with van der Waals surface area (Å²) in [6, 6.07) is 29.9. The molecule has 0 amide bonds. The van der Waals surface area contributed by atoms with Gasteiger partial charge in [-0.15, -0.1) is 0 Å². The molecular weight excluding hydrogens is 356 g/mol. The number of imidazole rings is 1. The van der Waals surface area contributed by atoms with Crippen molar-refractivity contribution in [2.45, 2.75) is 13.1 Å². The number of hydrogen-bond acceptors (Lipinski definition) is 3. The van der Waals surface area contributed by atoms with Crippen molar-refractivity contribution in [1.29, 1.82) is 0 Å². The summed E-state index contributed by atoms with van der Waals surface area (Å²) in [5.41, 5.74) is 4.97. The van der Waals surface area contributed by atoms with Gasteiger partial charge in [0.25, 0.3) is 0 Å². The van der Waals surface area contributed by atoms with Gasteiger partial charge in [-0.1, -0.05) is 72.8 Å². The predicted molar refractivity (Wildman–Crippen MR) is 119 cm³/mol. The van der Waals surface area contributed by atoms with Crippen LogP contribution in [-0.4, -0.2) is 40.6 Å². The van der Waals surface area contributed by atoms with Gasteiger partial charge in [-0.05, 0) is 23.3 Å². The topological polar surface area (TPSA) is 24.3 Å². The highest BCUT2D eigenvalue weighted by molar-refractivity contribution is 5.79. The summed E-state index contributed by atoms with van der Waals surface area (Å²) < 4.78 is 2.37. The van der Waals surface area contributed by atoms with Crippen molar-refractivity contribution in [2.75, 3.05) is 31.1 Å². The first-order valence-electron chi connectivity index (χ1n) is 10.4. The van der Waals surface area contributed by atoms with Crippen LogP contribution in [-0.2, 0) is 13.1 Å². The van der Waals surface area contributed by atoms with Gasteiger partial charge in [0.2, 0.25) is 5.95 Å². The lowest BCUT2D eigenvalue weighted by molar-refractivity contribution is 0.248. The van der Waals surface area contributed by atoms with Gasteiger partial charge in [-0.25, -0.2) is 4.98 Å². The largest absolute Gasteiger partial charge is 0.340 e. The lowest BCUT2D eigenvalue weighted by atomic mass is 10.2. The van der Waals surface area contributed by atoms with Crippen molar-refractivity contribution < 1.29 is 0 Å². The van der Waals surface area contributed by atoms with E-state index in [1.54, 1.807) is 0 Å². The van der Waals surface area contributed by atoms with E-state index in [0.29, 0.717) is 0 Å². The fourth-order valence-corrected chi connectivity index (χ4v) is 4.17. The zero-order valence-electron chi connectivity index (χ0n) is 16.6. The Bertz CT molecular complexity index is 1060. The molecule has 29 heavy (non-hydrogen) atoms. The first-order valence-corrected chi connectivity index (χ1v) is 10.4. The highest BCUT2D eigenvalue weighted by atomic mass is 15.4. The molecule has 1 fully saturated rings. The van der Waals surface area contributed by atoms with Gasteiger partial charge in [0.05, 0.1) is 17.6 Å². The highest BCUT2D eigenvalue weighted by Crippen LogP contribution is 2.25. The summed E-state index contributed by atoms with van der Waals surface area (Å²) in [6.45, 7) is 6.00. The Balaban J connectivity index is 1.37. The summed E-state index contributed by atoms with van der Waals surface area (Å²) in [5.74, 6) is 1.09. The normalized spacial score (nSPS) is 15.1. The smallest absolute Gasteiger partial charge is 0.206 e. The number of hydrogen-bond donors (Lipinski definition) is 0. The van der Waals surface area contributed by atoms with Crippen LogP contribution in [0.5, 0.6) is 0 Å². The number of anilines is 1. The van der Waals surface area contributed by atoms with Crippen LogP contribution in [0.25, 0.3) is 11.0 Å².